The Hall–Kier alpha value is -2.70. The first kappa shape index (κ1) is 14.4. The van der Waals surface area contributed by atoms with Crippen molar-refractivity contribution in [1.29, 1.82) is 0 Å². The van der Waals surface area contributed by atoms with Gasteiger partial charge >= 0.3 is 5.97 Å². The number of carbonyl (C=O) groups excluding carboxylic acids is 1. The van der Waals surface area contributed by atoms with E-state index in [0.717, 1.165) is 6.08 Å². The molecule has 0 heterocycles. The number of nitro benzene ring substituents is 1. The average molecular weight is 264 g/mol. The minimum Gasteiger partial charge on any atom is -0.478 e. The Morgan fingerprint density at radius 1 is 1.42 bits per heavy atom. The van der Waals surface area contributed by atoms with Crippen LogP contribution in [0.2, 0.25) is 0 Å². The van der Waals surface area contributed by atoms with Crippen molar-refractivity contribution in [2.45, 2.75) is 6.42 Å². The van der Waals surface area contributed by atoms with Crippen LogP contribution in [0.25, 0.3) is 0 Å². The van der Waals surface area contributed by atoms with Crippen LogP contribution >= 0.6 is 0 Å². The summed E-state index contributed by atoms with van der Waals surface area (Å²) in [6.45, 7) is 0.0973. The van der Waals surface area contributed by atoms with Crippen LogP contribution in [0.3, 0.4) is 0 Å². The van der Waals surface area contributed by atoms with Crippen molar-refractivity contribution in [3.8, 4) is 0 Å². The molecule has 1 aromatic rings. The number of rotatable bonds is 6. The van der Waals surface area contributed by atoms with Gasteiger partial charge in [0.1, 0.15) is 0 Å². The first-order chi connectivity index (χ1) is 8.99. The highest BCUT2D eigenvalue weighted by Crippen LogP contribution is 2.13. The second-order valence-electron chi connectivity index (χ2n) is 3.65. The van der Waals surface area contributed by atoms with Gasteiger partial charge in [0.2, 0.25) is 5.91 Å². The van der Waals surface area contributed by atoms with Gasteiger partial charge in [-0.25, -0.2) is 4.79 Å². The van der Waals surface area contributed by atoms with Crippen LogP contribution in [-0.4, -0.2) is 28.5 Å². The molecule has 7 nitrogen and oxygen atoms in total. The summed E-state index contributed by atoms with van der Waals surface area (Å²) < 4.78 is 0. The SMILES string of the molecule is O=C(O)/C=C/CNC(=O)Cc1cccc([N+](=O)[O-])c1. The molecule has 2 N–H and O–H groups in total. The summed E-state index contributed by atoms with van der Waals surface area (Å²) >= 11 is 0. The molecule has 0 radical (unpaired) electrons. The zero-order chi connectivity index (χ0) is 14.3. The fourth-order valence-corrected chi connectivity index (χ4v) is 1.36. The predicted octanol–water partition coefficient (Wildman–Crippen LogP) is 0.894. The van der Waals surface area contributed by atoms with Crippen LogP contribution in [0, 0.1) is 10.1 Å². The molecule has 0 spiro atoms. The number of nitrogens with zero attached hydrogens (tertiary/aromatic N) is 1. The number of hydrogen-bond acceptors (Lipinski definition) is 4. The number of nitrogens with one attached hydrogen (secondary N) is 1. The van der Waals surface area contributed by atoms with Crippen molar-refractivity contribution in [2.75, 3.05) is 6.54 Å². The number of benzene rings is 1. The molecule has 100 valence electrons. The number of hydrogen-bond donors (Lipinski definition) is 2. The maximum Gasteiger partial charge on any atom is 0.328 e. The molecule has 0 saturated carbocycles. The van der Waals surface area contributed by atoms with E-state index >= 15 is 0 Å². The van der Waals surface area contributed by atoms with Gasteiger partial charge in [-0.05, 0) is 5.56 Å². The molecule has 0 unspecified atom stereocenters. The summed E-state index contributed by atoms with van der Waals surface area (Å²) in [6.07, 6.45) is 2.23. The van der Waals surface area contributed by atoms with Gasteiger partial charge in [-0.15, -0.1) is 0 Å². The Kier molecular flexibility index (Phi) is 5.21. The number of carboxylic acid groups (broad SMARTS) is 1. The molecule has 0 fully saturated rings. The Morgan fingerprint density at radius 3 is 2.79 bits per heavy atom. The van der Waals surface area contributed by atoms with Gasteiger partial charge in [0.05, 0.1) is 11.3 Å². The number of carboxylic acids is 1. The molecule has 7 heteroatoms. The highest BCUT2D eigenvalue weighted by atomic mass is 16.6. The second kappa shape index (κ2) is 6.90. The van der Waals surface area contributed by atoms with E-state index in [1.165, 1.54) is 24.3 Å². The standard InChI is InChI=1S/C12H12N2O5/c15-11(13-6-2-5-12(16)17)8-9-3-1-4-10(7-9)14(18)19/h1-5,7H,6,8H2,(H,13,15)(H,16,17)/b5-2+. The lowest BCUT2D eigenvalue weighted by atomic mass is 10.1. The van der Waals surface area contributed by atoms with Crippen molar-refractivity contribution >= 4 is 17.6 Å². The van der Waals surface area contributed by atoms with Gasteiger partial charge < -0.3 is 10.4 Å². The van der Waals surface area contributed by atoms with E-state index in [4.69, 9.17) is 5.11 Å². The number of non-ortho nitro benzene ring substituents is 1. The van der Waals surface area contributed by atoms with E-state index < -0.39 is 10.9 Å². The van der Waals surface area contributed by atoms with Gasteiger partial charge in [0.25, 0.3) is 5.69 Å². The lowest BCUT2D eigenvalue weighted by molar-refractivity contribution is -0.384. The highest BCUT2D eigenvalue weighted by molar-refractivity contribution is 5.81. The molecule has 1 rings (SSSR count). The largest absolute Gasteiger partial charge is 0.478 e. The minimum absolute atomic E-state index is 0.00257. The Balaban J connectivity index is 2.50. The Labute approximate surface area is 108 Å². The predicted molar refractivity (Wildman–Crippen MR) is 66.6 cm³/mol. The molecule has 1 aromatic carbocycles. The fourth-order valence-electron chi connectivity index (χ4n) is 1.36. The topological polar surface area (TPSA) is 110 Å². The average Bonchev–Trinajstić information content (AvgIpc) is 2.34. The number of nitro groups is 1. The highest BCUT2D eigenvalue weighted by Gasteiger charge is 2.08. The number of carbonyl (C=O) groups is 2. The summed E-state index contributed by atoms with van der Waals surface area (Å²) in [5.74, 6) is -1.43. The third-order valence-corrected chi connectivity index (χ3v) is 2.16. The van der Waals surface area contributed by atoms with E-state index in [-0.39, 0.29) is 24.6 Å². The molecule has 0 aliphatic heterocycles. The van der Waals surface area contributed by atoms with E-state index in [9.17, 15) is 19.7 Å². The maximum atomic E-state index is 11.5. The van der Waals surface area contributed by atoms with Gasteiger partial charge in [-0.3, -0.25) is 14.9 Å². The van der Waals surface area contributed by atoms with Crippen LogP contribution in [0.15, 0.2) is 36.4 Å². The van der Waals surface area contributed by atoms with E-state index in [1.807, 2.05) is 0 Å². The normalized spacial score (nSPS) is 10.3. The fraction of sp³-hybridized carbons (Fsp3) is 0.167. The monoisotopic (exact) mass is 264 g/mol. The van der Waals surface area contributed by atoms with Crippen molar-refractivity contribution in [2.24, 2.45) is 0 Å². The van der Waals surface area contributed by atoms with E-state index in [1.54, 1.807) is 6.07 Å². The summed E-state index contributed by atoms with van der Waals surface area (Å²) in [6, 6.07) is 5.79. The van der Waals surface area contributed by atoms with Gasteiger partial charge in [-0.1, -0.05) is 18.2 Å². The first-order valence-electron chi connectivity index (χ1n) is 5.38. The lowest BCUT2D eigenvalue weighted by Crippen LogP contribution is -2.25. The van der Waals surface area contributed by atoms with Gasteiger partial charge in [0.15, 0.2) is 0 Å². The van der Waals surface area contributed by atoms with Crippen LogP contribution < -0.4 is 5.32 Å². The molecule has 1 amide bonds. The molecule has 0 aliphatic carbocycles. The van der Waals surface area contributed by atoms with Crippen molar-refractivity contribution in [3.05, 3.63) is 52.1 Å². The van der Waals surface area contributed by atoms with Crippen LogP contribution in [0.1, 0.15) is 5.56 Å². The van der Waals surface area contributed by atoms with Crippen molar-refractivity contribution in [3.63, 3.8) is 0 Å². The van der Waals surface area contributed by atoms with E-state index in [0.29, 0.717) is 5.56 Å². The van der Waals surface area contributed by atoms with Gasteiger partial charge in [-0.2, -0.15) is 0 Å². The molecule has 0 saturated heterocycles. The summed E-state index contributed by atoms with van der Waals surface area (Å²) in [7, 11) is 0. The van der Waals surface area contributed by atoms with E-state index in [2.05, 4.69) is 5.32 Å². The molecular formula is C12H12N2O5. The smallest absolute Gasteiger partial charge is 0.328 e. The quantitative estimate of drug-likeness (QED) is 0.450. The van der Waals surface area contributed by atoms with Crippen molar-refractivity contribution < 1.29 is 19.6 Å². The number of amides is 1. The summed E-state index contributed by atoms with van der Waals surface area (Å²) in [5, 5.41) is 21.4. The van der Waals surface area contributed by atoms with Crippen LogP contribution in [0.4, 0.5) is 5.69 Å². The third-order valence-electron chi connectivity index (χ3n) is 2.16. The minimum atomic E-state index is -1.09. The lowest BCUT2D eigenvalue weighted by Gasteiger charge is -2.02. The molecule has 0 bridgehead atoms. The Bertz CT molecular complexity index is 525. The van der Waals surface area contributed by atoms with Gasteiger partial charge in [0, 0.05) is 24.8 Å². The molecular weight excluding hydrogens is 252 g/mol. The Morgan fingerprint density at radius 2 is 2.16 bits per heavy atom. The summed E-state index contributed by atoms with van der Waals surface area (Å²) in [4.78, 5) is 31.7. The molecule has 19 heavy (non-hydrogen) atoms. The third kappa shape index (κ3) is 5.44. The molecule has 0 aliphatic rings. The van der Waals surface area contributed by atoms with Crippen LogP contribution in [0.5, 0.6) is 0 Å². The summed E-state index contributed by atoms with van der Waals surface area (Å²) in [5.41, 5.74) is 0.449. The molecule has 0 aromatic heterocycles. The maximum absolute atomic E-state index is 11.5. The zero-order valence-corrected chi connectivity index (χ0v) is 9.91. The second-order valence-corrected chi connectivity index (χ2v) is 3.65. The zero-order valence-electron chi connectivity index (χ0n) is 9.91. The van der Waals surface area contributed by atoms with Crippen LogP contribution in [-0.2, 0) is 16.0 Å². The molecule has 0 atom stereocenters. The first-order valence-corrected chi connectivity index (χ1v) is 5.38. The van der Waals surface area contributed by atoms with Crippen molar-refractivity contribution in [1.82, 2.24) is 5.32 Å². The number of aliphatic carboxylic acids is 1.